The second-order valence-electron chi connectivity index (χ2n) is 9.52. The molecule has 3 aromatic rings. The lowest BCUT2D eigenvalue weighted by Gasteiger charge is -2.43. The van der Waals surface area contributed by atoms with Gasteiger partial charge in [0.05, 0.1) is 0 Å². The van der Waals surface area contributed by atoms with Crippen LogP contribution in [0.3, 0.4) is 0 Å². The first-order chi connectivity index (χ1) is 16.4. The van der Waals surface area contributed by atoms with Crippen LogP contribution in [0.25, 0.3) is 0 Å². The number of aryl methyl sites for hydroxylation is 1. The SMILES string of the molecule is COCC(=O)COc1ccc(CCCO[Si](c2ccccc2)(c2ccccc2)C(C)(C)C)cc1. The number of methoxy groups -OCH3 is 1. The number of rotatable bonds is 12. The van der Waals surface area contributed by atoms with Crippen LogP contribution in [0.4, 0.5) is 0 Å². The van der Waals surface area contributed by atoms with Crippen LogP contribution < -0.4 is 15.1 Å². The molecule has 4 nitrogen and oxygen atoms in total. The highest BCUT2D eigenvalue weighted by molar-refractivity contribution is 6.99. The summed E-state index contributed by atoms with van der Waals surface area (Å²) in [5.41, 5.74) is 1.22. The minimum absolute atomic E-state index is 0.0189. The average Bonchev–Trinajstić information content (AvgIpc) is 2.84. The first kappa shape index (κ1) is 25.9. The van der Waals surface area contributed by atoms with Gasteiger partial charge in [0.2, 0.25) is 0 Å². The quantitative estimate of drug-likeness (QED) is 0.279. The Morgan fingerprint density at radius 3 is 1.85 bits per heavy atom. The summed E-state index contributed by atoms with van der Waals surface area (Å²) in [7, 11) is -0.983. The molecular formula is C29H36O4Si. The Balaban J connectivity index is 1.67. The van der Waals surface area contributed by atoms with E-state index in [1.54, 1.807) is 0 Å². The van der Waals surface area contributed by atoms with Crippen molar-refractivity contribution in [2.75, 3.05) is 26.9 Å². The van der Waals surface area contributed by atoms with E-state index in [0.717, 1.165) is 12.8 Å². The van der Waals surface area contributed by atoms with Crippen molar-refractivity contribution in [1.82, 2.24) is 0 Å². The number of Topliss-reactive ketones (excluding diaryl/α,β-unsaturated/α-hetero) is 1. The lowest BCUT2D eigenvalue weighted by Crippen LogP contribution is -2.66. The van der Waals surface area contributed by atoms with Crippen molar-refractivity contribution in [1.29, 1.82) is 0 Å². The fourth-order valence-corrected chi connectivity index (χ4v) is 8.99. The van der Waals surface area contributed by atoms with E-state index >= 15 is 0 Å². The van der Waals surface area contributed by atoms with Gasteiger partial charge in [-0.1, -0.05) is 93.6 Å². The van der Waals surface area contributed by atoms with E-state index in [0.29, 0.717) is 12.4 Å². The largest absolute Gasteiger partial charge is 0.486 e. The van der Waals surface area contributed by atoms with Gasteiger partial charge in [0.15, 0.2) is 5.78 Å². The van der Waals surface area contributed by atoms with Crippen LogP contribution in [0.5, 0.6) is 5.75 Å². The molecule has 5 heteroatoms. The van der Waals surface area contributed by atoms with Crippen LogP contribution in [-0.4, -0.2) is 41.0 Å². The van der Waals surface area contributed by atoms with Crippen LogP contribution in [0.1, 0.15) is 32.8 Å². The molecule has 0 spiro atoms. The van der Waals surface area contributed by atoms with E-state index in [2.05, 4.69) is 93.6 Å². The van der Waals surface area contributed by atoms with Crippen molar-refractivity contribution in [3.63, 3.8) is 0 Å². The van der Waals surface area contributed by atoms with Gasteiger partial charge in [-0.15, -0.1) is 0 Å². The van der Waals surface area contributed by atoms with Crippen molar-refractivity contribution >= 4 is 24.5 Å². The molecular weight excluding hydrogens is 440 g/mol. The average molecular weight is 477 g/mol. The summed E-state index contributed by atoms with van der Waals surface area (Å²) < 4.78 is 17.3. The van der Waals surface area contributed by atoms with Gasteiger partial charge in [-0.3, -0.25) is 4.79 Å². The molecule has 0 aliphatic rings. The van der Waals surface area contributed by atoms with Crippen molar-refractivity contribution in [2.24, 2.45) is 0 Å². The molecule has 0 radical (unpaired) electrons. The normalized spacial score (nSPS) is 11.9. The van der Waals surface area contributed by atoms with Gasteiger partial charge in [0.25, 0.3) is 8.32 Å². The smallest absolute Gasteiger partial charge is 0.261 e. The van der Waals surface area contributed by atoms with E-state index in [1.165, 1.54) is 23.0 Å². The number of ketones is 1. The number of carbonyl (C=O) groups is 1. The van der Waals surface area contributed by atoms with E-state index < -0.39 is 8.32 Å². The van der Waals surface area contributed by atoms with E-state index in [1.807, 2.05) is 12.1 Å². The van der Waals surface area contributed by atoms with Gasteiger partial charge < -0.3 is 13.9 Å². The third kappa shape index (κ3) is 6.44. The Bertz CT molecular complexity index is 972. The Hall–Kier alpha value is -2.73. The van der Waals surface area contributed by atoms with Gasteiger partial charge in [-0.05, 0) is 45.9 Å². The molecule has 0 aliphatic heterocycles. The summed E-state index contributed by atoms with van der Waals surface area (Å²) in [6.07, 6.45) is 1.85. The molecule has 0 atom stereocenters. The van der Waals surface area contributed by atoms with E-state index in [-0.39, 0.29) is 24.0 Å². The number of hydrogen-bond acceptors (Lipinski definition) is 4. The van der Waals surface area contributed by atoms with Gasteiger partial charge in [-0.2, -0.15) is 0 Å². The molecule has 180 valence electrons. The number of carbonyl (C=O) groups excluding carboxylic acids is 1. The molecule has 0 fully saturated rings. The molecule has 0 unspecified atom stereocenters. The Morgan fingerprint density at radius 2 is 1.35 bits per heavy atom. The minimum atomic E-state index is -2.49. The second-order valence-corrected chi connectivity index (χ2v) is 13.8. The highest BCUT2D eigenvalue weighted by Crippen LogP contribution is 2.36. The molecule has 0 saturated carbocycles. The van der Waals surface area contributed by atoms with Crippen LogP contribution in [0, 0.1) is 0 Å². The zero-order chi connectivity index (χ0) is 24.4. The summed E-state index contributed by atoms with van der Waals surface area (Å²) in [5, 5.41) is 2.59. The van der Waals surface area contributed by atoms with E-state index in [9.17, 15) is 4.79 Å². The van der Waals surface area contributed by atoms with Crippen LogP contribution >= 0.6 is 0 Å². The Kier molecular flexibility index (Phi) is 9.22. The maximum atomic E-state index is 11.6. The molecule has 0 aliphatic carbocycles. The molecule has 34 heavy (non-hydrogen) atoms. The van der Waals surface area contributed by atoms with Gasteiger partial charge in [0.1, 0.15) is 19.0 Å². The molecule has 0 aromatic heterocycles. The number of hydrogen-bond donors (Lipinski definition) is 0. The molecule has 0 bridgehead atoms. The molecule has 0 amide bonds. The Morgan fingerprint density at radius 1 is 0.794 bits per heavy atom. The van der Waals surface area contributed by atoms with Crippen molar-refractivity contribution in [3.8, 4) is 5.75 Å². The maximum absolute atomic E-state index is 11.6. The minimum Gasteiger partial charge on any atom is -0.486 e. The molecule has 0 N–H and O–H groups in total. The first-order valence-corrected chi connectivity index (χ1v) is 13.7. The summed E-state index contributed by atoms with van der Waals surface area (Å²) >= 11 is 0. The highest BCUT2D eigenvalue weighted by Gasteiger charge is 2.49. The second kappa shape index (κ2) is 12.1. The molecule has 3 rings (SSSR count). The van der Waals surface area contributed by atoms with Gasteiger partial charge >= 0.3 is 0 Å². The topological polar surface area (TPSA) is 44.8 Å². The van der Waals surface area contributed by atoms with Crippen molar-refractivity contribution in [2.45, 2.75) is 38.7 Å². The van der Waals surface area contributed by atoms with Crippen LogP contribution in [0.15, 0.2) is 84.9 Å². The molecule has 0 saturated heterocycles. The number of benzene rings is 3. The molecule has 0 heterocycles. The number of ether oxygens (including phenoxy) is 2. The zero-order valence-corrected chi connectivity index (χ0v) is 21.8. The summed E-state index contributed by atoms with van der Waals surface area (Å²) in [4.78, 5) is 11.6. The molecule has 3 aromatic carbocycles. The summed E-state index contributed by atoms with van der Waals surface area (Å²) in [6.45, 7) is 7.69. The monoisotopic (exact) mass is 476 g/mol. The van der Waals surface area contributed by atoms with Gasteiger partial charge in [0, 0.05) is 13.7 Å². The maximum Gasteiger partial charge on any atom is 0.261 e. The van der Waals surface area contributed by atoms with Crippen LogP contribution in [-0.2, 0) is 20.4 Å². The standard InChI is InChI=1S/C29H36O4Si/c1-29(2,3)34(27-13-7-5-8-14-27,28-15-9-6-10-16-28)33-21-11-12-24-17-19-26(20-18-24)32-23-25(30)22-31-4/h5-10,13-20H,11-12,21-23H2,1-4H3. The summed E-state index contributed by atoms with van der Waals surface area (Å²) in [6, 6.07) is 29.4. The van der Waals surface area contributed by atoms with Crippen molar-refractivity contribution < 1.29 is 18.7 Å². The highest BCUT2D eigenvalue weighted by atomic mass is 28.4. The fourth-order valence-electron chi connectivity index (χ4n) is 4.38. The third-order valence-electron chi connectivity index (χ3n) is 5.97. The predicted molar refractivity (Wildman–Crippen MR) is 141 cm³/mol. The van der Waals surface area contributed by atoms with Gasteiger partial charge in [-0.25, -0.2) is 0 Å². The summed E-state index contributed by atoms with van der Waals surface area (Å²) in [5.74, 6) is 0.615. The fraction of sp³-hybridized carbons (Fsp3) is 0.345. The van der Waals surface area contributed by atoms with E-state index in [4.69, 9.17) is 13.9 Å². The zero-order valence-electron chi connectivity index (χ0n) is 20.8. The predicted octanol–water partition coefficient (Wildman–Crippen LogP) is 4.79. The Labute approximate surface area is 205 Å². The first-order valence-electron chi connectivity index (χ1n) is 11.8. The van der Waals surface area contributed by atoms with Crippen molar-refractivity contribution in [3.05, 3.63) is 90.5 Å². The lowest BCUT2D eigenvalue weighted by atomic mass is 10.1. The third-order valence-corrected chi connectivity index (χ3v) is 11.0. The lowest BCUT2D eigenvalue weighted by molar-refractivity contribution is -0.124. The van der Waals surface area contributed by atoms with Crippen LogP contribution in [0.2, 0.25) is 5.04 Å².